The highest BCUT2D eigenvalue weighted by molar-refractivity contribution is 5.85. The Hall–Kier alpha value is -1.50. The van der Waals surface area contributed by atoms with Crippen LogP contribution < -0.4 is 9.47 Å². The zero-order chi connectivity index (χ0) is 19.9. The molecule has 1 aromatic carbocycles. The van der Waals surface area contributed by atoms with Crippen LogP contribution in [0, 0.1) is 0 Å². The summed E-state index contributed by atoms with van der Waals surface area (Å²) in [4.78, 5) is 14.0. The van der Waals surface area contributed by atoms with E-state index in [0.717, 1.165) is 36.4 Å². The Morgan fingerprint density at radius 1 is 1.07 bits per heavy atom. The number of carbonyl (C=O) groups excluding carboxylic acids is 1. The summed E-state index contributed by atoms with van der Waals surface area (Å²) in [6.07, 6.45) is 7.58. The lowest BCUT2D eigenvalue weighted by molar-refractivity contribution is -0.162. The first kappa shape index (κ1) is 23.8. The van der Waals surface area contributed by atoms with Crippen molar-refractivity contribution in [1.29, 1.82) is 0 Å². The maximum Gasteiger partial charge on any atom is 0.303 e. The largest absolute Gasteiger partial charge is 0.493 e. The topological polar surface area (TPSA) is 57.2 Å². The highest BCUT2D eigenvalue weighted by Crippen LogP contribution is 2.32. The van der Waals surface area contributed by atoms with E-state index in [1.54, 1.807) is 14.2 Å². The fraction of sp³-hybridized carbons (Fsp3) is 0.682. The van der Waals surface area contributed by atoms with E-state index in [9.17, 15) is 4.79 Å². The molecular weight excluding hydrogens is 394 g/mol. The minimum Gasteiger partial charge on any atom is -0.493 e. The molecule has 0 aromatic heterocycles. The molecule has 1 aliphatic carbocycles. The fourth-order valence-electron chi connectivity index (χ4n) is 4.43. The van der Waals surface area contributed by atoms with Gasteiger partial charge in [0.1, 0.15) is 12.3 Å². The molecule has 1 unspecified atom stereocenters. The quantitative estimate of drug-likeness (QED) is 0.585. The van der Waals surface area contributed by atoms with Gasteiger partial charge in [-0.3, -0.25) is 9.69 Å². The summed E-state index contributed by atoms with van der Waals surface area (Å²) in [7, 11) is 3.28. The highest BCUT2D eigenvalue weighted by Gasteiger charge is 2.40. The molecule has 2 fully saturated rings. The van der Waals surface area contributed by atoms with Crippen molar-refractivity contribution in [2.75, 3.05) is 27.4 Å². The molecule has 29 heavy (non-hydrogen) atoms. The van der Waals surface area contributed by atoms with Crippen molar-refractivity contribution in [3.63, 3.8) is 0 Å². The van der Waals surface area contributed by atoms with Gasteiger partial charge in [0, 0.05) is 25.9 Å². The molecule has 1 saturated heterocycles. The van der Waals surface area contributed by atoms with Gasteiger partial charge in [-0.15, -0.1) is 12.4 Å². The van der Waals surface area contributed by atoms with E-state index in [1.165, 1.54) is 39.0 Å². The van der Waals surface area contributed by atoms with Crippen LogP contribution in [0.3, 0.4) is 0 Å². The molecule has 1 saturated carbocycles. The van der Waals surface area contributed by atoms with E-state index in [-0.39, 0.29) is 30.7 Å². The normalized spacial score (nSPS) is 22.7. The number of ether oxygens (including phenoxy) is 4. The van der Waals surface area contributed by atoms with Gasteiger partial charge in [-0.25, -0.2) is 0 Å². The first-order valence-corrected chi connectivity index (χ1v) is 10.4. The number of carbonyl (C=O) groups is 1. The number of hydrogen-bond donors (Lipinski definition) is 0. The first-order valence-electron chi connectivity index (χ1n) is 10.4. The summed E-state index contributed by atoms with van der Waals surface area (Å²) < 4.78 is 22.5. The SMILES string of the molecule is COc1ccc(CCO[C@H]2C(OC(C)=O)CCN2C2CCCCC2)cc1OC.Cl. The van der Waals surface area contributed by atoms with E-state index < -0.39 is 0 Å². The van der Waals surface area contributed by atoms with Crippen LogP contribution in [0.1, 0.15) is 51.0 Å². The molecule has 0 spiro atoms. The molecule has 3 rings (SSSR count). The predicted octanol–water partition coefficient (Wildman–Crippen LogP) is 3.98. The zero-order valence-electron chi connectivity index (χ0n) is 17.7. The summed E-state index contributed by atoms with van der Waals surface area (Å²) in [5.41, 5.74) is 1.13. The lowest BCUT2D eigenvalue weighted by Gasteiger charge is -2.36. The van der Waals surface area contributed by atoms with Crippen LogP contribution in [-0.2, 0) is 20.7 Å². The Labute approximate surface area is 180 Å². The van der Waals surface area contributed by atoms with Crippen molar-refractivity contribution in [2.45, 2.75) is 70.2 Å². The number of benzene rings is 1. The van der Waals surface area contributed by atoms with Crippen LogP contribution in [0.4, 0.5) is 0 Å². The number of rotatable bonds is 8. The maximum atomic E-state index is 11.5. The fourth-order valence-corrected chi connectivity index (χ4v) is 4.43. The van der Waals surface area contributed by atoms with Gasteiger partial charge >= 0.3 is 5.97 Å². The monoisotopic (exact) mass is 427 g/mol. The Kier molecular flexibility index (Phi) is 9.53. The summed E-state index contributed by atoms with van der Waals surface area (Å²) in [5, 5.41) is 0. The van der Waals surface area contributed by atoms with Crippen molar-refractivity contribution in [3.8, 4) is 11.5 Å². The van der Waals surface area contributed by atoms with Crippen LogP contribution in [0.2, 0.25) is 0 Å². The summed E-state index contributed by atoms with van der Waals surface area (Å²) in [5.74, 6) is 1.22. The lowest BCUT2D eigenvalue weighted by Crippen LogP contribution is -2.46. The second kappa shape index (κ2) is 11.6. The van der Waals surface area contributed by atoms with Gasteiger partial charge in [0.15, 0.2) is 11.5 Å². The average molecular weight is 428 g/mol. The van der Waals surface area contributed by atoms with E-state index in [0.29, 0.717) is 12.6 Å². The molecular formula is C22H34ClNO5. The van der Waals surface area contributed by atoms with E-state index in [4.69, 9.17) is 18.9 Å². The minimum absolute atomic E-state index is 0. The molecule has 1 aromatic rings. The average Bonchev–Trinajstić information content (AvgIpc) is 3.10. The smallest absolute Gasteiger partial charge is 0.303 e. The standard InChI is InChI=1S/C22H33NO5.ClH/c1-16(24)28-20-11-13-23(18-7-5-4-6-8-18)22(20)27-14-12-17-9-10-19(25-2)21(15-17)26-3;/h9-10,15,18,20,22H,4-8,11-14H2,1-3H3;1H/t20?,22-;/m0./s1. The van der Waals surface area contributed by atoms with Crippen LogP contribution in [0.15, 0.2) is 18.2 Å². The first-order chi connectivity index (χ1) is 13.6. The van der Waals surface area contributed by atoms with Gasteiger partial charge in [-0.1, -0.05) is 25.3 Å². The lowest BCUT2D eigenvalue weighted by atomic mass is 9.94. The molecule has 0 bridgehead atoms. The van der Waals surface area contributed by atoms with Gasteiger partial charge in [0.05, 0.1) is 20.8 Å². The third-order valence-corrected chi connectivity index (χ3v) is 5.81. The Bertz CT molecular complexity index is 650. The van der Waals surface area contributed by atoms with E-state index in [1.807, 2.05) is 18.2 Å². The molecule has 164 valence electrons. The van der Waals surface area contributed by atoms with Crippen LogP contribution in [0.25, 0.3) is 0 Å². The Morgan fingerprint density at radius 3 is 2.45 bits per heavy atom. The van der Waals surface area contributed by atoms with Gasteiger partial charge in [-0.05, 0) is 37.0 Å². The van der Waals surface area contributed by atoms with Gasteiger partial charge in [0.25, 0.3) is 0 Å². The summed E-state index contributed by atoms with van der Waals surface area (Å²) in [6, 6.07) is 6.47. The second-order valence-electron chi connectivity index (χ2n) is 7.67. The molecule has 0 radical (unpaired) electrons. The highest BCUT2D eigenvalue weighted by atomic mass is 35.5. The number of hydrogen-bond acceptors (Lipinski definition) is 6. The molecule has 0 amide bonds. The molecule has 2 atom stereocenters. The minimum atomic E-state index is -0.232. The van der Waals surface area contributed by atoms with Crippen LogP contribution >= 0.6 is 12.4 Å². The maximum absolute atomic E-state index is 11.5. The summed E-state index contributed by atoms with van der Waals surface area (Å²) >= 11 is 0. The van der Waals surface area contributed by atoms with Crippen LogP contribution in [0.5, 0.6) is 11.5 Å². The van der Waals surface area contributed by atoms with Gasteiger partial charge in [-0.2, -0.15) is 0 Å². The van der Waals surface area contributed by atoms with E-state index >= 15 is 0 Å². The molecule has 1 aliphatic heterocycles. The molecule has 0 N–H and O–H groups in total. The molecule has 7 heteroatoms. The third-order valence-electron chi connectivity index (χ3n) is 5.81. The Morgan fingerprint density at radius 2 is 1.79 bits per heavy atom. The van der Waals surface area contributed by atoms with Crippen molar-refractivity contribution in [1.82, 2.24) is 4.90 Å². The number of nitrogens with zero attached hydrogens (tertiary/aromatic N) is 1. The van der Waals surface area contributed by atoms with Crippen LogP contribution in [-0.4, -0.2) is 56.6 Å². The number of halogens is 1. The van der Waals surface area contributed by atoms with Gasteiger partial charge in [0.2, 0.25) is 0 Å². The molecule has 2 aliphatic rings. The van der Waals surface area contributed by atoms with Crippen molar-refractivity contribution in [2.24, 2.45) is 0 Å². The number of likely N-dealkylation sites (tertiary alicyclic amines) is 1. The number of esters is 1. The number of methoxy groups -OCH3 is 2. The van der Waals surface area contributed by atoms with E-state index in [2.05, 4.69) is 4.90 Å². The third kappa shape index (κ3) is 6.24. The summed E-state index contributed by atoms with van der Waals surface area (Å²) in [6.45, 7) is 2.98. The second-order valence-corrected chi connectivity index (χ2v) is 7.67. The molecule has 1 heterocycles. The predicted molar refractivity (Wildman–Crippen MR) is 114 cm³/mol. The molecule has 6 nitrogen and oxygen atoms in total. The van der Waals surface area contributed by atoms with Crippen molar-refractivity contribution >= 4 is 18.4 Å². The zero-order valence-corrected chi connectivity index (χ0v) is 18.5. The van der Waals surface area contributed by atoms with Gasteiger partial charge < -0.3 is 18.9 Å². The van der Waals surface area contributed by atoms with Crippen molar-refractivity contribution in [3.05, 3.63) is 23.8 Å². The van der Waals surface area contributed by atoms with Crippen molar-refractivity contribution < 1.29 is 23.7 Å². The Balaban J connectivity index is 0.00000300.